The van der Waals surface area contributed by atoms with Crippen LogP contribution < -0.4 is 4.72 Å². The Hall–Kier alpha value is -2.45. The van der Waals surface area contributed by atoms with E-state index in [1.165, 1.54) is 13.1 Å². The van der Waals surface area contributed by atoms with Gasteiger partial charge >= 0.3 is 0 Å². The van der Waals surface area contributed by atoms with Crippen molar-refractivity contribution in [1.29, 1.82) is 0 Å². The molecule has 0 spiro atoms. The fourth-order valence-electron chi connectivity index (χ4n) is 1.98. The van der Waals surface area contributed by atoms with Crippen LogP contribution in [0, 0.1) is 6.92 Å². The summed E-state index contributed by atoms with van der Waals surface area (Å²) in [5.41, 5.74) is 0.795. The van der Waals surface area contributed by atoms with E-state index in [1.54, 1.807) is 6.92 Å². The predicted molar refractivity (Wildman–Crippen MR) is 78.4 cm³/mol. The van der Waals surface area contributed by atoms with Crippen molar-refractivity contribution in [2.45, 2.75) is 11.8 Å². The molecule has 7 nitrogen and oxygen atoms in total. The molecular weight excluding hydrogens is 306 g/mol. The summed E-state index contributed by atoms with van der Waals surface area (Å²) < 4.78 is 36.5. The van der Waals surface area contributed by atoms with Gasteiger partial charge in [-0.3, -0.25) is 0 Å². The Morgan fingerprint density at radius 3 is 2.59 bits per heavy atom. The van der Waals surface area contributed by atoms with Gasteiger partial charge in [0.1, 0.15) is 10.7 Å². The van der Waals surface area contributed by atoms with Crippen molar-refractivity contribution >= 4 is 10.0 Å². The molecule has 0 bridgehead atoms. The van der Waals surface area contributed by atoms with E-state index < -0.39 is 10.0 Å². The largest absolute Gasteiger partial charge is 0.455 e. The first-order valence-electron chi connectivity index (χ1n) is 6.45. The first-order valence-corrected chi connectivity index (χ1v) is 7.93. The standard InChI is InChI=1S/C14H13N3O4S/c1-9-12(22(18,19)15-2)8-11(20-9)14-16-13(17-21-14)10-6-4-3-5-7-10/h3-8,15H,1-2H3. The van der Waals surface area contributed by atoms with E-state index in [-0.39, 0.29) is 22.3 Å². The summed E-state index contributed by atoms with van der Waals surface area (Å²) >= 11 is 0. The van der Waals surface area contributed by atoms with Gasteiger partial charge in [0.25, 0.3) is 5.89 Å². The number of rotatable bonds is 4. The number of sulfonamides is 1. The topological polar surface area (TPSA) is 98.2 Å². The Labute approximate surface area is 127 Å². The summed E-state index contributed by atoms with van der Waals surface area (Å²) in [6.45, 7) is 1.56. The molecule has 3 rings (SSSR count). The summed E-state index contributed by atoms with van der Waals surface area (Å²) in [7, 11) is -2.26. The van der Waals surface area contributed by atoms with Crippen LogP contribution in [0.15, 0.2) is 50.2 Å². The van der Waals surface area contributed by atoms with Crippen LogP contribution in [0.5, 0.6) is 0 Å². The molecule has 3 aromatic rings. The number of hydrogen-bond donors (Lipinski definition) is 1. The van der Waals surface area contributed by atoms with Crippen LogP contribution >= 0.6 is 0 Å². The lowest BCUT2D eigenvalue weighted by atomic mass is 10.2. The first kappa shape index (κ1) is 14.5. The van der Waals surface area contributed by atoms with Crippen LogP contribution in [0.1, 0.15) is 5.76 Å². The highest BCUT2D eigenvalue weighted by molar-refractivity contribution is 7.89. The molecule has 1 N–H and O–H groups in total. The zero-order chi connectivity index (χ0) is 15.7. The predicted octanol–water partition coefficient (Wildman–Crippen LogP) is 2.21. The molecule has 0 saturated heterocycles. The number of benzene rings is 1. The van der Waals surface area contributed by atoms with Gasteiger partial charge < -0.3 is 8.94 Å². The third-order valence-electron chi connectivity index (χ3n) is 3.10. The van der Waals surface area contributed by atoms with Crippen molar-refractivity contribution in [3.63, 3.8) is 0 Å². The van der Waals surface area contributed by atoms with Crippen LogP contribution in [0.25, 0.3) is 23.0 Å². The van der Waals surface area contributed by atoms with E-state index in [1.807, 2.05) is 30.3 Å². The Morgan fingerprint density at radius 2 is 1.91 bits per heavy atom. The van der Waals surface area contributed by atoms with E-state index >= 15 is 0 Å². The molecule has 0 fully saturated rings. The minimum Gasteiger partial charge on any atom is -0.455 e. The second-order valence-electron chi connectivity index (χ2n) is 4.53. The van der Waals surface area contributed by atoms with Gasteiger partial charge in [-0.15, -0.1) is 0 Å². The Kier molecular flexibility index (Phi) is 3.55. The van der Waals surface area contributed by atoms with Gasteiger partial charge in [-0.2, -0.15) is 4.98 Å². The Morgan fingerprint density at radius 1 is 1.18 bits per heavy atom. The highest BCUT2D eigenvalue weighted by Crippen LogP contribution is 2.28. The normalized spacial score (nSPS) is 11.7. The molecule has 0 aliphatic rings. The van der Waals surface area contributed by atoms with E-state index in [4.69, 9.17) is 8.94 Å². The lowest BCUT2D eigenvalue weighted by Gasteiger charge is -1.97. The molecule has 0 radical (unpaired) electrons. The van der Waals surface area contributed by atoms with E-state index in [0.717, 1.165) is 5.56 Å². The molecule has 0 aliphatic carbocycles. The summed E-state index contributed by atoms with van der Waals surface area (Å²) in [5, 5.41) is 3.87. The van der Waals surface area contributed by atoms with E-state index in [9.17, 15) is 8.42 Å². The van der Waals surface area contributed by atoms with Crippen molar-refractivity contribution in [3.05, 3.63) is 42.2 Å². The molecule has 8 heteroatoms. The molecule has 0 unspecified atom stereocenters. The molecule has 2 aromatic heterocycles. The highest BCUT2D eigenvalue weighted by Gasteiger charge is 2.23. The summed E-state index contributed by atoms with van der Waals surface area (Å²) in [4.78, 5) is 4.27. The molecule has 0 amide bonds. The average molecular weight is 319 g/mol. The third-order valence-corrected chi connectivity index (χ3v) is 4.62. The van der Waals surface area contributed by atoms with Gasteiger partial charge in [-0.25, -0.2) is 13.1 Å². The van der Waals surface area contributed by atoms with Gasteiger partial charge in [-0.1, -0.05) is 35.5 Å². The minimum atomic E-state index is -3.59. The molecule has 1 aromatic carbocycles. The van der Waals surface area contributed by atoms with Gasteiger partial charge in [0.15, 0.2) is 5.76 Å². The zero-order valence-electron chi connectivity index (χ0n) is 11.9. The second kappa shape index (κ2) is 5.39. The number of furan rings is 1. The molecule has 114 valence electrons. The fraction of sp³-hybridized carbons (Fsp3) is 0.143. The first-order chi connectivity index (χ1) is 10.5. The van der Waals surface area contributed by atoms with Crippen LogP contribution in [-0.2, 0) is 10.0 Å². The molecule has 0 saturated carbocycles. The van der Waals surface area contributed by atoms with Gasteiger partial charge in [0.05, 0.1) is 0 Å². The third kappa shape index (κ3) is 2.53. The number of hydrogen-bond acceptors (Lipinski definition) is 6. The molecule has 22 heavy (non-hydrogen) atoms. The van der Waals surface area contributed by atoms with Crippen LogP contribution in [-0.4, -0.2) is 25.6 Å². The Bertz CT molecular complexity index is 897. The van der Waals surface area contributed by atoms with Crippen molar-refractivity contribution in [1.82, 2.24) is 14.9 Å². The lowest BCUT2D eigenvalue weighted by molar-refractivity contribution is 0.413. The van der Waals surface area contributed by atoms with E-state index in [2.05, 4.69) is 14.9 Å². The fourth-order valence-corrected chi connectivity index (χ4v) is 2.88. The van der Waals surface area contributed by atoms with Crippen molar-refractivity contribution in [2.75, 3.05) is 7.05 Å². The zero-order valence-corrected chi connectivity index (χ0v) is 12.7. The monoisotopic (exact) mass is 319 g/mol. The van der Waals surface area contributed by atoms with Crippen molar-refractivity contribution in [3.8, 4) is 23.0 Å². The summed E-state index contributed by atoms with van der Waals surface area (Å²) in [6, 6.07) is 10.7. The maximum absolute atomic E-state index is 11.9. The average Bonchev–Trinajstić information content (AvgIpc) is 3.15. The van der Waals surface area contributed by atoms with Gasteiger partial charge in [0.2, 0.25) is 15.8 Å². The second-order valence-corrected chi connectivity index (χ2v) is 6.38. The number of nitrogens with one attached hydrogen (secondary N) is 1. The molecular formula is C14H13N3O4S. The van der Waals surface area contributed by atoms with Crippen molar-refractivity contribution < 1.29 is 17.4 Å². The molecule has 0 aliphatic heterocycles. The smallest absolute Gasteiger partial charge is 0.293 e. The minimum absolute atomic E-state index is 0.0458. The SMILES string of the molecule is CNS(=O)(=O)c1cc(-c2nc(-c3ccccc3)no2)oc1C. The number of aromatic nitrogens is 2. The molecule has 2 heterocycles. The van der Waals surface area contributed by atoms with Gasteiger partial charge in [0, 0.05) is 11.6 Å². The number of aryl methyl sites for hydroxylation is 1. The number of nitrogens with zero attached hydrogens (tertiary/aromatic N) is 2. The highest BCUT2D eigenvalue weighted by atomic mass is 32.2. The molecule has 0 atom stereocenters. The van der Waals surface area contributed by atoms with Crippen molar-refractivity contribution in [2.24, 2.45) is 0 Å². The van der Waals surface area contributed by atoms with Crippen LogP contribution in [0.4, 0.5) is 0 Å². The summed E-state index contributed by atoms with van der Waals surface area (Å²) in [6.07, 6.45) is 0. The lowest BCUT2D eigenvalue weighted by Crippen LogP contribution is -2.18. The van der Waals surface area contributed by atoms with Gasteiger partial charge in [-0.05, 0) is 14.0 Å². The van der Waals surface area contributed by atoms with Crippen LogP contribution in [0.2, 0.25) is 0 Å². The quantitative estimate of drug-likeness (QED) is 0.791. The van der Waals surface area contributed by atoms with Crippen LogP contribution in [0.3, 0.4) is 0 Å². The van der Waals surface area contributed by atoms with E-state index in [0.29, 0.717) is 5.82 Å². The summed E-state index contributed by atoms with van der Waals surface area (Å²) in [5.74, 6) is 0.993. The maximum atomic E-state index is 11.9. The Balaban J connectivity index is 2.00. The maximum Gasteiger partial charge on any atom is 0.293 e.